The molecule has 0 aromatic rings. The summed E-state index contributed by atoms with van der Waals surface area (Å²) in [5, 5.41) is 0. The van der Waals surface area contributed by atoms with E-state index in [2.05, 4.69) is 46.8 Å². The van der Waals surface area contributed by atoms with Gasteiger partial charge >= 0.3 is 5.97 Å². The molecule has 1 heterocycles. The largest absolute Gasteiger partial charge is 0.461 e. The molecule has 0 amide bonds. The topological polar surface area (TPSA) is 35.5 Å². The Hall–Kier alpha value is -0.613. The van der Waals surface area contributed by atoms with Gasteiger partial charge in [-0.3, -0.25) is 4.79 Å². The van der Waals surface area contributed by atoms with Crippen molar-refractivity contribution >= 4 is 14.3 Å². The van der Waals surface area contributed by atoms with Gasteiger partial charge < -0.3 is 9.16 Å². The Morgan fingerprint density at radius 2 is 1.91 bits per heavy atom. The van der Waals surface area contributed by atoms with Crippen molar-refractivity contribution < 1.29 is 14.0 Å². The number of hydrogen-bond acceptors (Lipinski definition) is 3. The van der Waals surface area contributed by atoms with Gasteiger partial charge in [-0.15, -0.1) is 0 Å². The molecule has 1 saturated carbocycles. The lowest BCUT2D eigenvalue weighted by Crippen LogP contribution is -2.43. The van der Waals surface area contributed by atoms with Crippen molar-refractivity contribution in [3.63, 3.8) is 0 Å². The Morgan fingerprint density at radius 3 is 2.52 bits per heavy atom. The van der Waals surface area contributed by atoms with Crippen molar-refractivity contribution in [2.24, 2.45) is 23.2 Å². The van der Waals surface area contributed by atoms with E-state index < -0.39 is 8.32 Å². The van der Waals surface area contributed by atoms with Gasteiger partial charge in [0.2, 0.25) is 0 Å². The summed E-state index contributed by atoms with van der Waals surface area (Å²) in [5.41, 5.74) is 0.0708. The third kappa shape index (κ3) is 2.72. The Labute approximate surface area is 141 Å². The van der Waals surface area contributed by atoms with Gasteiger partial charge in [0.25, 0.3) is 0 Å². The molecule has 0 bridgehead atoms. The molecule has 23 heavy (non-hydrogen) atoms. The average molecular weight is 337 g/mol. The third-order valence-electron chi connectivity index (χ3n) is 6.84. The Bertz CT molecular complexity index is 487. The molecule has 1 saturated heterocycles. The van der Waals surface area contributed by atoms with Crippen LogP contribution in [0.1, 0.15) is 47.5 Å². The van der Waals surface area contributed by atoms with Gasteiger partial charge in [-0.25, -0.2) is 0 Å². The predicted molar refractivity (Wildman–Crippen MR) is 94.6 cm³/mol. The van der Waals surface area contributed by atoms with Gasteiger partial charge in [-0.1, -0.05) is 46.8 Å². The first-order valence-electron chi connectivity index (χ1n) is 9.42. The zero-order valence-corrected chi connectivity index (χ0v) is 16.3. The molecule has 2 aliphatic carbocycles. The molecule has 3 rings (SSSR count). The molecule has 3 nitrogen and oxygen atoms in total. The normalized spacial score (nSPS) is 38.3. The van der Waals surface area contributed by atoms with E-state index in [9.17, 15) is 4.79 Å². The third-order valence-corrected chi connectivity index (χ3v) is 11.5. The maximum Gasteiger partial charge on any atom is 0.309 e. The molecular weight excluding hydrogens is 304 g/mol. The van der Waals surface area contributed by atoms with Crippen LogP contribution in [0.3, 0.4) is 0 Å². The first kappa shape index (κ1) is 17.2. The zero-order chi connectivity index (χ0) is 16.8. The summed E-state index contributed by atoms with van der Waals surface area (Å²) < 4.78 is 12.7. The number of ether oxygens (including phenoxy) is 1. The lowest BCUT2D eigenvalue weighted by atomic mass is 9.82. The maximum absolute atomic E-state index is 12.3. The van der Waals surface area contributed by atoms with E-state index in [1.165, 1.54) is 18.1 Å². The number of rotatable bonds is 5. The van der Waals surface area contributed by atoms with Crippen LogP contribution in [0.4, 0.5) is 0 Å². The van der Waals surface area contributed by atoms with Gasteiger partial charge in [-0.05, 0) is 36.9 Å². The van der Waals surface area contributed by atoms with E-state index in [1.807, 2.05) is 0 Å². The fourth-order valence-electron chi connectivity index (χ4n) is 5.23. The summed E-state index contributed by atoms with van der Waals surface area (Å²) in [6.07, 6.45) is 6.64. The quantitative estimate of drug-likeness (QED) is 0.420. The van der Waals surface area contributed by atoms with Gasteiger partial charge in [0, 0.05) is 11.3 Å². The number of carbonyl (C=O) groups excluding carboxylic acids is 1. The second kappa shape index (κ2) is 6.03. The molecule has 5 atom stereocenters. The molecule has 0 unspecified atom stereocenters. The minimum atomic E-state index is -1.65. The molecule has 4 heteroatoms. The Kier molecular flexibility index (Phi) is 4.52. The summed E-state index contributed by atoms with van der Waals surface area (Å²) in [6, 6.07) is 3.52. The van der Waals surface area contributed by atoms with E-state index in [-0.39, 0.29) is 29.5 Å². The fraction of sp³-hybridized carbons (Fsp3) is 0.842. The van der Waals surface area contributed by atoms with Crippen LogP contribution in [0.5, 0.6) is 0 Å². The van der Waals surface area contributed by atoms with Crippen molar-refractivity contribution in [3.05, 3.63) is 12.2 Å². The Morgan fingerprint density at radius 1 is 1.26 bits per heavy atom. The summed E-state index contributed by atoms with van der Waals surface area (Å²) in [4.78, 5) is 12.3. The first-order chi connectivity index (χ1) is 10.9. The van der Waals surface area contributed by atoms with E-state index in [0.717, 1.165) is 12.8 Å². The molecule has 3 aliphatic rings. The number of esters is 1. The molecule has 0 radical (unpaired) electrons. The highest BCUT2D eigenvalue weighted by Crippen LogP contribution is 2.57. The first-order valence-corrected chi connectivity index (χ1v) is 12.0. The number of hydrogen-bond donors (Lipinski definition) is 0. The van der Waals surface area contributed by atoms with Crippen LogP contribution in [0.15, 0.2) is 12.2 Å². The monoisotopic (exact) mass is 336 g/mol. The summed E-state index contributed by atoms with van der Waals surface area (Å²) >= 11 is 0. The highest BCUT2D eigenvalue weighted by Gasteiger charge is 2.61. The fourth-order valence-corrected chi connectivity index (χ4v) is 8.06. The van der Waals surface area contributed by atoms with Gasteiger partial charge in [0.05, 0.1) is 12.0 Å². The van der Waals surface area contributed by atoms with E-state index >= 15 is 0 Å². The van der Waals surface area contributed by atoms with Crippen LogP contribution in [0, 0.1) is 23.2 Å². The van der Waals surface area contributed by atoms with Crippen LogP contribution in [0.25, 0.3) is 0 Å². The van der Waals surface area contributed by atoms with Crippen LogP contribution in [0.2, 0.25) is 18.1 Å². The summed E-state index contributed by atoms with van der Waals surface area (Å²) in [7, 11) is -1.65. The SMILES string of the molecule is CC[Si](CC)(CC)O[C@@H]1C=CC[C@@H]2C(=O)O[C@@H]3[C@H]2[C@H]1CC3(C)C. The lowest BCUT2D eigenvalue weighted by molar-refractivity contribution is -0.147. The van der Waals surface area contributed by atoms with Crippen molar-refractivity contribution in [2.45, 2.75) is 77.8 Å². The smallest absolute Gasteiger partial charge is 0.309 e. The molecule has 0 aromatic heterocycles. The molecule has 1 aliphatic heterocycles. The minimum Gasteiger partial charge on any atom is -0.461 e. The molecule has 0 N–H and O–H groups in total. The van der Waals surface area contributed by atoms with Crippen LogP contribution >= 0.6 is 0 Å². The zero-order valence-electron chi connectivity index (χ0n) is 15.3. The molecule has 130 valence electrons. The van der Waals surface area contributed by atoms with Crippen LogP contribution < -0.4 is 0 Å². The second-order valence-corrected chi connectivity index (χ2v) is 13.1. The van der Waals surface area contributed by atoms with Crippen molar-refractivity contribution in [3.8, 4) is 0 Å². The van der Waals surface area contributed by atoms with Crippen LogP contribution in [-0.4, -0.2) is 26.5 Å². The van der Waals surface area contributed by atoms with Gasteiger partial charge in [0.1, 0.15) is 6.10 Å². The molecule has 0 aromatic carbocycles. The molecule has 2 fully saturated rings. The average Bonchev–Trinajstić information content (AvgIpc) is 2.91. The maximum atomic E-state index is 12.3. The van der Waals surface area contributed by atoms with E-state index in [4.69, 9.17) is 9.16 Å². The van der Waals surface area contributed by atoms with Crippen molar-refractivity contribution in [1.29, 1.82) is 0 Å². The molecule has 0 spiro atoms. The van der Waals surface area contributed by atoms with Crippen molar-refractivity contribution in [1.82, 2.24) is 0 Å². The minimum absolute atomic E-state index is 0.0213. The Balaban J connectivity index is 1.90. The van der Waals surface area contributed by atoms with E-state index in [0.29, 0.717) is 11.8 Å². The van der Waals surface area contributed by atoms with Gasteiger partial charge in [-0.2, -0.15) is 0 Å². The molecular formula is C19H32O3Si. The standard InChI is InChI=1S/C19H32O3Si/c1-6-23(7-2,8-3)22-15-11-9-10-13-16-14(15)12-19(4,5)17(16)21-18(13)20/h9,11,13-17H,6-8,10,12H2,1-5H3/t13-,14-,15+,16+,17+/m0/s1. The van der Waals surface area contributed by atoms with Crippen LogP contribution in [-0.2, 0) is 14.0 Å². The second-order valence-electron chi connectivity index (χ2n) is 8.39. The van der Waals surface area contributed by atoms with E-state index in [1.54, 1.807) is 0 Å². The highest BCUT2D eigenvalue weighted by atomic mass is 28.4. The number of carbonyl (C=O) groups is 1. The predicted octanol–water partition coefficient (Wildman–Crippen LogP) is 4.54. The summed E-state index contributed by atoms with van der Waals surface area (Å²) in [6.45, 7) is 11.4. The number of allylic oxidation sites excluding steroid dienone is 1. The lowest BCUT2D eigenvalue weighted by Gasteiger charge is -2.36. The van der Waals surface area contributed by atoms with Gasteiger partial charge in [0.15, 0.2) is 8.32 Å². The highest BCUT2D eigenvalue weighted by molar-refractivity contribution is 6.73. The van der Waals surface area contributed by atoms with Crippen molar-refractivity contribution in [2.75, 3.05) is 0 Å². The summed E-state index contributed by atoms with van der Waals surface area (Å²) in [5.74, 6) is 0.849.